The zero-order valence-corrected chi connectivity index (χ0v) is 9.29. The van der Waals surface area contributed by atoms with Gasteiger partial charge in [-0.05, 0) is 9.75 Å². The van der Waals surface area contributed by atoms with Gasteiger partial charge in [0.15, 0.2) is 0 Å². The van der Waals surface area contributed by atoms with E-state index >= 15 is 0 Å². The Hall–Kier alpha value is 0.567. The van der Waals surface area contributed by atoms with Gasteiger partial charge in [0.1, 0.15) is 0 Å². The molecule has 2 atom stereocenters. The zero-order chi connectivity index (χ0) is 7.78. The molecule has 1 aliphatic heterocycles. The summed E-state index contributed by atoms with van der Waals surface area (Å²) in [5.74, 6) is 0. The van der Waals surface area contributed by atoms with E-state index in [2.05, 4.69) is 39.5 Å². The highest BCUT2D eigenvalue weighted by atomic mass is 32.2. The van der Waals surface area contributed by atoms with Gasteiger partial charge in [0, 0.05) is 0 Å². The molecule has 0 aromatic carbocycles. The van der Waals surface area contributed by atoms with Crippen molar-refractivity contribution in [1.82, 2.24) is 0 Å². The van der Waals surface area contributed by atoms with Crippen molar-refractivity contribution in [2.75, 3.05) is 0 Å². The average molecular weight is 174 g/mol. The second-order valence-corrected chi connectivity index (χ2v) is 11.5. The maximum atomic E-state index is 2.43. The fraction of sp³-hybridized carbons (Fsp3) is 1.00. The Morgan fingerprint density at radius 3 is 1.60 bits per heavy atom. The Labute approximate surface area is 69.8 Å². The summed E-state index contributed by atoms with van der Waals surface area (Å²) in [6, 6.07) is 3.00. The molecule has 0 unspecified atom stereocenters. The topological polar surface area (TPSA) is 0 Å². The van der Waals surface area contributed by atoms with E-state index in [1.807, 2.05) is 0 Å². The molecule has 1 saturated heterocycles. The van der Waals surface area contributed by atoms with Gasteiger partial charge < -0.3 is 0 Å². The van der Waals surface area contributed by atoms with Gasteiger partial charge in [0.05, 0.1) is 8.07 Å². The quantitative estimate of drug-likeness (QED) is 0.580. The molecule has 0 saturated carbocycles. The van der Waals surface area contributed by atoms with Crippen LogP contribution >= 0.6 is 11.8 Å². The third-order valence-corrected chi connectivity index (χ3v) is 13.7. The summed E-state index contributed by atoms with van der Waals surface area (Å²) in [5.41, 5.74) is 0. The van der Waals surface area contributed by atoms with Crippen molar-refractivity contribution in [2.45, 2.75) is 49.5 Å². The molecule has 1 aliphatic rings. The summed E-state index contributed by atoms with van der Waals surface area (Å²) >= 11 is 2.20. The van der Waals surface area contributed by atoms with E-state index in [1.165, 1.54) is 12.1 Å². The number of rotatable bonds is 2. The van der Waals surface area contributed by atoms with Crippen molar-refractivity contribution < 1.29 is 0 Å². The first-order valence-corrected chi connectivity index (χ1v) is 7.84. The molecule has 0 aromatic rings. The monoisotopic (exact) mass is 174 g/mol. The van der Waals surface area contributed by atoms with Gasteiger partial charge in [-0.3, -0.25) is 0 Å². The van der Waals surface area contributed by atoms with E-state index in [1.54, 1.807) is 0 Å². The molecule has 0 radical (unpaired) electrons. The van der Waals surface area contributed by atoms with E-state index in [0.717, 1.165) is 9.75 Å². The van der Waals surface area contributed by atoms with Crippen molar-refractivity contribution in [1.29, 1.82) is 0 Å². The molecule has 2 heteroatoms. The molecule has 0 amide bonds. The fourth-order valence-corrected chi connectivity index (χ4v) is 11.9. The van der Waals surface area contributed by atoms with Gasteiger partial charge in [-0.2, -0.15) is 11.8 Å². The molecule has 0 aromatic heterocycles. The second kappa shape index (κ2) is 2.90. The summed E-state index contributed by atoms with van der Waals surface area (Å²) in [4.78, 5) is 2.08. The van der Waals surface area contributed by atoms with Crippen LogP contribution in [0.3, 0.4) is 0 Å². The van der Waals surface area contributed by atoms with E-state index in [-0.39, 0.29) is 0 Å². The SMILES string of the molecule is CC[Si]1(CC)[C@H](C)S[C@@H]1C. The van der Waals surface area contributed by atoms with Gasteiger partial charge in [-0.25, -0.2) is 0 Å². The van der Waals surface area contributed by atoms with E-state index in [4.69, 9.17) is 0 Å². The summed E-state index contributed by atoms with van der Waals surface area (Å²) in [6.45, 7) is 9.65. The minimum absolute atomic E-state index is 0.735. The van der Waals surface area contributed by atoms with Crippen molar-refractivity contribution in [3.8, 4) is 0 Å². The van der Waals surface area contributed by atoms with Crippen LogP contribution in [0.4, 0.5) is 0 Å². The van der Waals surface area contributed by atoms with Crippen molar-refractivity contribution >= 4 is 19.8 Å². The largest absolute Gasteiger partial charge is 0.162 e. The Bertz CT molecular complexity index is 110. The van der Waals surface area contributed by atoms with Crippen LogP contribution in [0.5, 0.6) is 0 Å². The molecule has 1 rings (SSSR count). The number of thioether (sulfide) groups is 1. The Kier molecular flexibility index (Phi) is 2.51. The predicted octanol–water partition coefficient (Wildman–Crippen LogP) is 3.08. The van der Waals surface area contributed by atoms with E-state index < -0.39 is 8.07 Å². The van der Waals surface area contributed by atoms with E-state index in [9.17, 15) is 0 Å². The highest BCUT2D eigenvalue weighted by molar-refractivity contribution is 8.08. The summed E-state index contributed by atoms with van der Waals surface area (Å²) in [7, 11) is -0.735. The lowest BCUT2D eigenvalue weighted by Gasteiger charge is -2.51. The Balaban J connectivity index is 2.61. The number of hydrogen-bond acceptors (Lipinski definition) is 1. The molecule has 0 aliphatic carbocycles. The summed E-state index contributed by atoms with van der Waals surface area (Å²) in [5, 5.41) is 0. The summed E-state index contributed by atoms with van der Waals surface area (Å²) < 4.78 is 0. The van der Waals surface area contributed by atoms with Crippen LogP contribution in [0.15, 0.2) is 0 Å². The van der Waals surface area contributed by atoms with Crippen LogP contribution in [-0.4, -0.2) is 17.8 Å². The molecular weight excluding hydrogens is 156 g/mol. The van der Waals surface area contributed by atoms with Crippen LogP contribution < -0.4 is 0 Å². The summed E-state index contributed by atoms with van der Waals surface area (Å²) in [6.07, 6.45) is 0. The highest BCUT2D eigenvalue weighted by Gasteiger charge is 2.50. The third-order valence-electron chi connectivity index (χ3n) is 3.34. The van der Waals surface area contributed by atoms with Gasteiger partial charge in [0.25, 0.3) is 0 Å². The van der Waals surface area contributed by atoms with Crippen LogP contribution in [0.1, 0.15) is 27.7 Å². The fourth-order valence-electron chi connectivity index (χ4n) is 2.24. The third kappa shape index (κ3) is 0.963. The van der Waals surface area contributed by atoms with E-state index in [0.29, 0.717) is 0 Å². The average Bonchev–Trinajstić information content (AvgIpc) is 1.91. The minimum atomic E-state index is -0.735. The Morgan fingerprint density at radius 1 is 1.10 bits per heavy atom. The lowest BCUT2D eigenvalue weighted by molar-refractivity contribution is 1.02. The molecule has 0 bridgehead atoms. The highest BCUT2D eigenvalue weighted by Crippen LogP contribution is 2.47. The van der Waals surface area contributed by atoms with Crippen LogP contribution in [-0.2, 0) is 0 Å². The zero-order valence-electron chi connectivity index (χ0n) is 7.48. The lowest BCUT2D eigenvalue weighted by atomic mass is 10.9. The standard InChI is InChI=1S/C8H18SSi/c1-5-10(6-2)7(3)9-8(10)4/h7-8H,5-6H2,1-4H3/t7-,8+. The van der Waals surface area contributed by atoms with Gasteiger partial charge in [0.2, 0.25) is 0 Å². The second-order valence-electron chi connectivity index (χ2n) is 3.36. The van der Waals surface area contributed by atoms with Gasteiger partial charge in [-0.1, -0.05) is 39.8 Å². The first-order chi connectivity index (χ1) is 4.67. The predicted molar refractivity (Wildman–Crippen MR) is 53.2 cm³/mol. The minimum Gasteiger partial charge on any atom is -0.162 e. The van der Waals surface area contributed by atoms with Crippen molar-refractivity contribution in [2.24, 2.45) is 0 Å². The van der Waals surface area contributed by atoms with Crippen LogP contribution in [0, 0.1) is 0 Å². The van der Waals surface area contributed by atoms with Gasteiger partial charge in [-0.15, -0.1) is 0 Å². The van der Waals surface area contributed by atoms with Crippen LogP contribution in [0.25, 0.3) is 0 Å². The van der Waals surface area contributed by atoms with Crippen LogP contribution in [0.2, 0.25) is 12.1 Å². The molecule has 1 fully saturated rings. The molecule has 10 heavy (non-hydrogen) atoms. The lowest BCUT2D eigenvalue weighted by Crippen LogP contribution is -2.60. The van der Waals surface area contributed by atoms with Gasteiger partial charge >= 0.3 is 0 Å². The Morgan fingerprint density at radius 2 is 1.50 bits per heavy atom. The molecule has 0 N–H and O–H groups in total. The maximum Gasteiger partial charge on any atom is 0.0803 e. The first kappa shape index (κ1) is 8.66. The molecular formula is C8H18SSi. The molecule has 0 spiro atoms. The smallest absolute Gasteiger partial charge is 0.0803 e. The molecule has 1 heterocycles. The molecule has 0 nitrogen and oxygen atoms in total. The van der Waals surface area contributed by atoms with Crippen molar-refractivity contribution in [3.63, 3.8) is 0 Å². The van der Waals surface area contributed by atoms with Crippen molar-refractivity contribution in [3.05, 3.63) is 0 Å². The first-order valence-electron chi connectivity index (χ1n) is 4.32. The number of hydrogen-bond donors (Lipinski definition) is 0. The maximum absolute atomic E-state index is 2.43. The molecule has 60 valence electrons. The normalized spacial score (nSPS) is 37.2.